The highest BCUT2D eigenvalue weighted by Crippen LogP contribution is 2.15. The lowest BCUT2D eigenvalue weighted by Crippen LogP contribution is -2.30. The van der Waals surface area contributed by atoms with Crippen molar-refractivity contribution < 1.29 is 28.6 Å². The van der Waals surface area contributed by atoms with E-state index >= 15 is 0 Å². The summed E-state index contributed by atoms with van der Waals surface area (Å²) in [5, 5.41) is 0. The van der Waals surface area contributed by atoms with Crippen LogP contribution in [0.15, 0.2) is 109 Å². The van der Waals surface area contributed by atoms with Crippen LogP contribution in [0.2, 0.25) is 0 Å². The molecule has 6 heteroatoms. The highest BCUT2D eigenvalue weighted by atomic mass is 16.6. The minimum absolute atomic E-state index is 0.0901. The number of allylic oxidation sites excluding steroid dienone is 18. The average Bonchev–Trinajstić information content (AvgIpc) is 3.36. The number of hydrogen-bond donors (Lipinski definition) is 0. The third kappa shape index (κ3) is 55.0. The second-order valence-corrected chi connectivity index (χ2v) is 18.8. The predicted octanol–water partition coefficient (Wildman–Crippen LogP) is 19.5. The standard InChI is InChI=1S/C64H106O6/c1-4-7-10-13-16-19-22-24-25-26-27-28-29-30-31-32-33-34-35-36-37-38-39-41-42-45-48-51-54-57-63(66)69-60-61(59-68-62(65)56-53-50-47-44-21-18-15-12-9-6-3)70-64(67)58-55-52-49-46-43-40-23-20-17-14-11-8-5-2/h7-8,10-11,16-17,19-20,24-25,27-28,30-31,33-34,40,43,61H,4-6,9,12-15,18,21-23,26,29,32,35-39,41-42,44-60H2,1-3H3/b10-7-,11-8-,19-16-,20-17-,25-24-,28-27-,31-30-,34-33-,43-40-. The lowest BCUT2D eigenvalue weighted by Gasteiger charge is -2.18. The van der Waals surface area contributed by atoms with Gasteiger partial charge in [-0.2, -0.15) is 0 Å². The first-order valence-corrected chi connectivity index (χ1v) is 28.9. The molecule has 1 unspecified atom stereocenters. The van der Waals surface area contributed by atoms with Gasteiger partial charge in [-0.1, -0.05) is 246 Å². The fourth-order valence-electron chi connectivity index (χ4n) is 7.75. The third-order valence-electron chi connectivity index (χ3n) is 12.0. The van der Waals surface area contributed by atoms with E-state index in [1.807, 2.05) is 0 Å². The summed E-state index contributed by atoms with van der Waals surface area (Å²) < 4.78 is 16.8. The van der Waals surface area contributed by atoms with E-state index in [2.05, 4.69) is 130 Å². The molecule has 0 amide bonds. The van der Waals surface area contributed by atoms with E-state index in [1.54, 1.807) is 0 Å². The van der Waals surface area contributed by atoms with Crippen molar-refractivity contribution in [2.75, 3.05) is 13.2 Å². The van der Waals surface area contributed by atoms with E-state index in [9.17, 15) is 14.4 Å². The second kappa shape index (κ2) is 57.6. The summed E-state index contributed by atoms with van der Waals surface area (Å²) in [6, 6.07) is 0. The van der Waals surface area contributed by atoms with Gasteiger partial charge in [-0.15, -0.1) is 0 Å². The maximum absolute atomic E-state index is 12.8. The Morgan fingerprint density at radius 1 is 0.300 bits per heavy atom. The molecule has 0 saturated heterocycles. The number of unbranched alkanes of at least 4 members (excludes halogenated alkanes) is 22. The molecule has 398 valence electrons. The molecule has 0 aromatic rings. The Kier molecular flexibility index (Phi) is 54.4. The Hall–Kier alpha value is -3.93. The molecule has 0 heterocycles. The van der Waals surface area contributed by atoms with Gasteiger partial charge in [0.1, 0.15) is 13.2 Å². The molecule has 0 fully saturated rings. The van der Waals surface area contributed by atoms with Crippen molar-refractivity contribution in [3.05, 3.63) is 109 Å². The largest absolute Gasteiger partial charge is 0.462 e. The minimum Gasteiger partial charge on any atom is -0.462 e. The molecule has 0 radical (unpaired) electrons. The Bertz CT molecular complexity index is 1440. The number of rotatable bonds is 51. The van der Waals surface area contributed by atoms with Crippen LogP contribution >= 0.6 is 0 Å². The molecule has 0 rings (SSSR count). The lowest BCUT2D eigenvalue weighted by atomic mass is 10.1. The summed E-state index contributed by atoms with van der Waals surface area (Å²) >= 11 is 0. The predicted molar refractivity (Wildman–Crippen MR) is 302 cm³/mol. The van der Waals surface area contributed by atoms with E-state index in [4.69, 9.17) is 14.2 Å². The van der Waals surface area contributed by atoms with Crippen LogP contribution < -0.4 is 0 Å². The molecule has 0 saturated carbocycles. The number of esters is 3. The minimum atomic E-state index is -0.793. The second-order valence-electron chi connectivity index (χ2n) is 18.8. The van der Waals surface area contributed by atoms with Gasteiger partial charge >= 0.3 is 17.9 Å². The maximum Gasteiger partial charge on any atom is 0.306 e. The van der Waals surface area contributed by atoms with Crippen LogP contribution in [0.5, 0.6) is 0 Å². The number of ether oxygens (including phenoxy) is 3. The Morgan fingerprint density at radius 2 is 0.557 bits per heavy atom. The summed E-state index contributed by atoms with van der Waals surface area (Å²) in [4.78, 5) is 38.0. The molecule has 0 spiro atoms. The molecule has 70 heavy (non-hydrogen) atoms. The first-order valence-electron chi connectivity index (χ1n) is 28.9. The molecule has 0 aromatic heterocycles. The fraction of sp³-hybridized carbons (Fsp3) is 0.672. The molecule has 1 atom stereocenters. The maximum atomic E-state index is 12.8. The highest BCUT2D eigenvalue weighted by Gasteiger charge is 2.19. The summed E-state index contributed by atoms with van der Waals surface area (Å²) in [6.45, 7) is 6.37. The van der Waals surface area contributed by atoms with Crippen molar-refractivity contribution in [2.45, 2.75) is 264 Å². The molecule has 6 nitrogen and oxygen atoms in total. The Labute approximate surface area is 431 Å². The monoisotopic (exact) mass is 971 g/mol. The SMILES string of the molecule is CC/C=C\C/C=C\C/C=C\C/C=C\C/C=C\C/C=C\CCCCCCCCCCCCC(=O)OCC(COC(=O)CCCCCCCCCCCC)OC(=O)CCCCC/C=C\C/C=C\C/C=C\CC. The van der Waals surface area contributed by atoms with Crippen LogP contribution in [0.1, 0.15) is 258 Å². The topological polar surface area (TPSA) is 78.9 Å². The molecule has 0 bridgehead atoms. The van der Waals surface area contributed by atoms with E-state index in [-0.39, 0.29) is 31.1 Å². The van der Waals surface area contributed by atoms with E-state index in [0.717, 1.165) is 122 Å². The van der Waals surface area contributed by atoms with Gasteiger partial charge in [-0.05, 0) is 103 Å². The molecule has 0 aliphatic rings. The van der Waals surface area contributed by atoms with Gasteiger partial charge in [0.15, 0.2) is 6.10 Å². The van der Waals surface area contributed by atoms with E-state index < -0.39 is 6.10 Å². The number of carbonyl (C=O) groups excluding carboxylic acids is 3. The van der Waals surface area contributed by atoms with Crippen LogP contribution in [0.4, 0.5) is 0 Å². The Balaban J connectivity index is 4.22. The quantitative estimate of drug-likeness (QED) is 0.0262. The smallest absolute Gasteiger partial charge is 0.306 e. The lowest BCUT2D eigenvalue weighted by molar-refractivity contribution is -0.167. The molecule has 0 aliphatic carbocycles. The van der Waals surface area contributed by atoms with E-state index in [0.29, 0.717) is 19.3 Å². The summed E-state index contributed by atoms with van der Waals surface area (Å²) in [6.07, 6.45) is 78.1. The first-order chi connectivity index (χ1) is 34.5. The normalized spacial score (nSPS) is 12.9. The van der Waals surface area contributed by atoms with Gasteiger partial charge in [0.05, 0.1) is 0 Å². The van der Waals surface area contributed by atoms with Crippen LogP contribution in [0.25, 0.3) is 0 Å². The van der Waals surface area contributed by atoms with Crippen molar-refractivity contribution in [3.8, 4) is 0 Å². The summed E-state index contributed by atoms with van der Waals surface area (Å²) in [5.41, 5.74) is 0. The zero-order valence-corrected chi connectivity index (χ0v) is 45.5. The fourth-order valence-corrected chi connectivity index (χ4v) is 7.75. The van der Waals surface area contributed by atoms with Gasteiger partial charge < -0.3 is 14.2 Å². The van der Waals surface area contributed by atoms with Crippen LogP contribution in [0.3, 0.4) is 0 Å². The van der Waals surface area contributed by atoms with Gasteiger partial charge in [-0.25, -0.2) is 0 Å². The average molecular weight is 972 g/mol. The van der Waals surface area contributed by atoms with Crippen molar-refractivity contribution in [1.82, 2.24) is 0 Å². The Morgan fingerprint density at radius 3 is 0.886 bits per heavy atom. The highest BCUT2D eigenvalue weighted by molar-refractivity contribution is 5.71. The van der Waals surface area contributed by atoms with Crippen LogP contribution in [-0.4, -0.2) is 37.2 Å². The van der Waals surface area contributed by atoms with Crippen molar-refractivity contribution in [2.24, 2.45) is 0 Å². The van der Waals surface area contributed by atoms with Crippen LogP contribution in [0, 0.1) is 0 Å². The number of carbonyl (C=O) groups is 3. The van der Waals surface area contributed by atoms with Gasteiger partial charge in [0, 0.05) is 19.3 Å². The molecule has 0 aromatic carbocycles. The number of hydrogen-bond acceptors (Lipinski definition) is 6. The third-order valence-corrected chi connectivity index (χ3v) is 12.0. The van der Waals surface area contributed by atoms with Gasteiger partial charge in [0.25, 0.3) is 0 Å². The zero-order chi connectivity index (χ0) is 50.7. The zero-order valence-electron chi connectivity index (χ0n) is 45.5. The van der Waals surface area contributed by atoms with Crippen LogP contribution in [-0.2, 0) is 28.6 Å². The van der Waals surface area contributed by atoms with Gasteiger partial charge in [0.2, 0.25) is 0 Å². The molecular weight excluding hydrogens is 865 g/mol. The summed E-state index contributed by atoms with van der Waals surface area (Å²) in [7, 11) is 0. The van der Waals surface area contributed by atoms with Gasteiger partial charge in [-0.3, -0.25) is 14.4 Å². The van der Waals surface area contributed by atoms with Crippen molar-refractivity contribution in [1.29, 1.82) is 0 Å². The molecular formula is C64H106O6. The summed E-state index contributed by atoms with van der Waals surface area (Å²) in [5.74, 6) is -0.926. The molecule has 0 N–H and O–H groups in total. The van der Waals surface area contributed by atoms with Crippen molar-refractivity contribution >= 4 is 17.9 Å². The molecule has 0 aliphatic heterocycles. The van der Waals surface area contributed by atoms with Crippen molar-refractivity contribution in [3.63, 3.8) is 0 Å². The first kappa shape index (κ1) is 66.1. The van der Waals surface area contributed by atoms with E-state index in [1.165, 1.54) is 96.3 Å².